The maximum atomic E-state index is 11.9. The minimum atomic E-state index is 0.00621. The highest BCUT2D eigenvalue weighted by molar-refractivity contribution is 7.80. The molecule has 4 nitrogen and oxygen atoms in total. The van der Waals surface area contributed by atoms with Gasteiger partial charge in [-0.2, -0.15) is 0 Å². The summed E-state index contributed by atoms with van der Waals surface area (Å²) in [5.41, 5.74) is 5.51. The van der Waals surface area contributed by atoms with Crippen molar-refractivity contribution in [1.82, 2.24) is 9.80 Å². The molecule has 1 aliphatic heterocycles. The molecule has 16 heavy (non-hydrogen) atoms. The zero-order valence-corrected chi connectivity index (χ0v) is 10.9. The van der Waals surface area contributed by atoms with E-state index in [1.54, 1.807) is 0 Å². The zero-order chi connectivity index (χ0) is 12.1. The monoisotopic (exact) mass is 243 g/mol. The summed E-state index contributed by atoms with van der Waals surface area (Å²) in [6.07, 6.45) is 0.446. The predicted octanol–water partition coefficient (Wildman–Crippen LogP) is 0.463. The molecule has 1 saturated heterocycles. The summed E-state index contributed by atoms with van der Waals surface area (Å²) < 4.78 is 0. The summed E-state index contributed by atoms with van der Waals surface area (Å²) in [5.74, 6) is 0.183. The molecule has 1 heterocycles. The van der Waals surface area contributed by atoms with E-state index in [1.165, 1.54) is 0 Å². The van der Waals surface area contributed by atoms with Crippen LogP contribution in [0.2, 0.25) is 0 Å². The van der Waals surface area contributed by atoms with Gasteiger partial charge in [0.15, 0.2) is 0 Å². The molecule has 0 aromatic heterocycles. The van der Waals surface area contributed by atoms with E-state index in [2.05, 4.69) is 11.8 Å². The average Bonchev–Trinajstić information content (AvgIpc) is 2.28. The van der Waals surface area contributed by atoms with E-state index in [9.17, 15) is 4.79 Å². The van der Waals surface area contributed by atoms with Crippen LogP contribution in [0, 0.1) is 5.92 Å². The molecule has 0 spiro atoms. The van der Waals surface area contributed by atoms with Gasteiger partial charge in [0.25, 0.3) is 0 Å². The summed E-state index contributed by atoms with van der Waals surface area (Å²) in [7, 11) is 0. The van der Waals surface area contributed by atoms with E-state index in [4.69, 9.17) is 18.0 Å². The van der Waals surface area contributed by atoms with Crippen LogP contribution in [-0.2, 0) is 4.79 Å². The van der Waals surface area contributed by atoms with Crippen molar-refractivity contribution in [3.05, 3.63) is 0 Å². The fraction of sp³-hybridized carbons (Fsp3) is 0.818. The number of nitrogens with two attached hydrogens (primary N) is 1. The van der Waals surface area contributed by atoms with Crippen LogP contribution >= 0.6 is 12.2 Å². The molecule has 0 aromatic carbocycles. The minimum absolute atomic E-state index is 0.00621. The lowest BCUT2D eigenvalue weighted by atomic mass is 10.1. The van der Waals surface area contributed by atoms with Crippen LogP contribution in [0.4, 0.5) is 0 Å². The second kappa shape index (κ2) is 6.15. The number of carbonyl (C=O) groups excluding carboxylic acids is 1. The molecule has 0 aromatic rings. The molecule has 1 aliphatic rings. The lowest BCUT2D eigenvalue weighted by molar-refractivity contribution is -0.133. The predicted molar refractivity (Wildman–Crippen MR) is 69.3 cm³/mol. The Morgan fingerprint density at radius 2 is 1.94 bits per heavy atom. The molecule has 1 amide bonds. The first kappa shape index (κ1) is 13.4. The Labute approximate surface area is 103 Å². The third-order valence-corrected chi connectivity index (χ3v) is 3.54. The molecule has 92 valence electrons. The van der Waals surface area contributed by atoms with Crippen molar-refractivity contribution in [2.75, 3.05) is 32.7 Å². The quantitative estimate of drug-likeness (QED) is 0.729. The first-order valence-electron chi connectivity index (χ1n) is 5.84. The third kappa shape index (κ3) is 3.72. The molecule has 0 aliphatic carbocycles. The normalized spacial score (nSPS) is 19.5. The molecule has 0 bridgehead atoms. The summed E-state index contributed by atoms with van der Waals surface area (Å²) in [6.45, 7) is 8.72. The lowest BCUT2D eigenvalue weighted by Crippen LogP contribution is -2.49. The smallest absolute Gasteiger partial charge is 0.223 e. The van der Waals surface area contributed by atoms with Gasteiger partial charge in [0.2, 0.25) is 5.91 Å². The van der Waals surface area contributed by atoms with E-state index in [-0.39, 0.29) is 11.8 Å². The summed E-state index contributed by atoms with van der Waals surface area (Å²) in [6, 6.07) is 0. The number of hydrogen-bond donors (Lipinski definition) is 1. The van der Waals surface area contributed by atoms with Crippen LogP contribution in [0.15, 0.2) is 0 Å². The molecule has 0 saturated carbocycles. The summed E-state index contributed by atoms with van der Waals surface area (Å²) in [5, 5.41) is 0. The van der Waals surface area contributed by atoms with Crippen molar-refractivity contribution >= 4 is 23.1 Å². The van der Waals surface area contributed by atoms with Gasteiger partial charge < -0.3 is 15.5 Å². The highest BCUT2D eigenvalue weighted by atomic mass is 32.1. The molecular formula is C11H21N3OS. The van der Waals surface area contributed by atoms with Gasteiger partial charge in [-0.05, 0) is 6.54 Å². The van der Waals surface area contributed by atoms with Crippen molar-refractivity contribution in [3.63, 3.8) is 0 Å². The SMILES string of the molecule is CCN1CCN(C(=O)CC(C)C(N)=S)CC1. The van der Waals surface area contributed by atoms with Crippen LogP contribution < -0.4 is 5.73 Å². The number of hydrogen-bond acceptors (Lipinski definition) is 3. The van der Waals surface area contributed by atoms with Crippen molar-refractivity contribution in [2.45, 2.75) is 20.3 Å². The van der Waals surface area contributed by atoms with Gasteiger partial charge in [0, 0.05) is 38.5 Å². The van der Waals surface area contributed by atoms with Gasteiger partial charge in [-0.15, -0.1) is 0 Å². The fourth-order valence-electron chi connectivity index (χ4n) is 1.81. The second-order valence-corrected chi connectivity index (χ2v) is 4.79. The molecule has 1 rings (SSSR count). The topological polar surface area (TPSA) is 49.6 Å². The van der Waals surface area contributed by atoms with Crippen molar-refractivity contribution in [1.29, 1.82) is 0 Å². The Morgan fingerprint density at radius 3 is 2.38 bits per heavy atom. The standard InChI is InChI=1S/C11H21N3OS/c1-3-13-4-6-14(7-5-13)10(15)8-9(2)11(12)16/h9H,3-8H2,1-2H3,(H2,12,16). The van der Waals surface area contributed by atoms with Crippen LogP contribution in [0.1, 0.15) is 20.3 Å². The van der Waals surface area contributed by atoms with Crippen molar-refractivity contribution < 1.29 is 4.79 Å². The number of rotatable bonds is 4. The number of amides is 1. The minimum Gasteiger partial charge on any atom is -0.393 e. The Morgan fingerprint density at radius 1 is 1.38 bits per heavy atom. The zero-order valence-electron chi connectivity index (χ0n) is 10.1. The maximum Gasteiger partial charge on any atom is 0.223 e. The lowest BCUT2D eigenvalue weighted by Gasteiger charge is -2.34. The van der Waals surface area contributed by atoms with Crippen LogP contribution in [-0.4, -0.2) is 53.4 Å². The molecule has 0 radical (unpaired) electrons. The van der Waals surface area contributed by atoms with Gasteiger partial charge in [-0.1, -0.05) is 26.1 Å². The Bertz CT molecular complexity index is 262. The molecule has 5 heteroatoms. The van der Waals surface area contributed by atoms with E-state index < -0.39 is 0 Å². The van der Waals surface area contributed by atoms with Gasteiger partial charge in [0.05, 0.1) is 4.99 Å². The number of likely N-dealkylation sites (N-methyl/N-ethyl adjacent to an activating group) is 1. The first-order valence-corrected chi connectivity index (χ1v) is 6.24. The summed E-state index contributed by atoms with van der Waals surface area (Å²) >= 11 is 4.87. The van der Waals surface area contributed by atoms with E-state index in [1.807, 2.05) is 11.8 Å². The van der Waals surface area contributed by atoms with E-state index in [0.29, 0.717) is 11.4 Å². The highest BCUT2D eigenvalue weighted by Crippen LogP contribution is 2.08. The largest absolute Gasteiger partial charge is 0.393 e. The Balaban J connectivity index is 2.36. The summed E-state index contributed by atoms with van der Waals surface area (Å²) in [4.78, 5) is 16.6. The van der Waals surface area contributed by atoms with Crippen LogP contribution in [0.5, 0.6) is 0 Å². The van der Waals surface area contributed by atoms with Gasteiger partial charge in [-0.25, -0.2) is 0 Å². The Hall–Kier alpha value is -0.680. The molecular weight excluding hydrogens is 222 g/mol. The number of carbonyl (C=O) groups is 1. The van der Waals surface area contributed by atoms with Crippen LogP contribution in [0.25, 0.3) is 0 Å². The Kier molecular flexibility index (Phi) is 5.15. The van der Waals surface area contributed by atoms with Gasteiger partial charge in [-0.3, -0.25) is 4.79 Å². The van der Waals surface area contributed by atoms with Crippen LogP contribution in [0.3, 0.4) is 0 Å². The average molecular weight is 243 g/mol. The van der Waals surface area contributed by atoms with Gasteiger partial charge >= 0.3 is 0 Å². The fourth-order valence-corrected chi connectivity index (χ4v) is 1.89. The number of thiocarbonyl (C=S) groups is 1. The molecule has 1 fully saturated rings. The third-order valence-electron chi connectivity index (χ3n) is 3.14. The number of piperazine rings is 1. The second-order valence-electron chi connectivity index (χ2n) is 4.32. The van der Waals surface area contributed by atoms with Gasteiger partial charge in [0.1, 0.15) is 0 Å². The molecule has 1 unspecified atom stereocenters. The molecule has 1 atom stereocenters. The first-order chi connectivity index (χ1) is 7.54. The van der Waals surface area contributed by atoms with Crippen molar-refractivity contribution in [3.8, 4) is 0 Å². The molecule has 2 N–H and O–H groups in total. The number of nitrogens with zero attached hydrogens (tertiary/aromatic N) is 2. The maximum absolute atomic E-state index is 11.9. The van der Waals surface area contributed by atoms with Crippen molar-refractivity contribution in [2.24, 2.45) is 11.7 Å². The van der Waals surface area contributed by atoms with E-state index >= 15 is 0 Å². The highest BCUT2D eigenvalue weighted by Gasteiger charge is 2.21. The van der Waals surface area contributed by atoms with E-state index in [0.717, 1.165) is 32.7 Å².